The summed E-state index contributed by atoms with van der Waals surface area (Å²) in [7, 11) is 0.172. The quantitative estimate of drug-likeness (QED) is 0.200. The van der Waals surface area contributed by atoms with Crippen LogP contribution in [-0.2, 0) is 37.3 Å². The van der Waals surface area contributed by atoms with E-state index in [1.54, 1.807) is 0 Å². The van der Waals surface area contributed by atoms with Gasteiger partial charge in [-0.3, -0.25) is 0 Å². The van der Waals surface area contributed by atoms with Crippen LogP contribution in [0.15, 0.2) is 0 Å². The summed E-state index contributed by atoms with van der Waals surface area (Å²) in [5.74, 6) is 0. The smallest absolute Gasteiger partial charge is 0.554 e. The zero-order chi connectivity index (χ0) is 16.6. The van der Waals surface area contributed by atoms with Crippen molar-refractivity contribution in [2.45, 2.75) is 64.3 Å². The van der Waals surface area contributed by atoms with Crippen LogP contribution in [0.5, 0.6) is 0 Å². The minimum atomic E-state index is -0.508. The first-order valence-electron chi connectivity index (χ1n) is 7.42. The van der Waals surface area contributed by atoms with Crippen molar-refractivity contribution in [3.63, 3.8) is 0 Å². The largest absolute Gasteiger partial charge is 2.00 e. The van der Waals surface area contributed by atoms with Gasteiger partial charge >= 0.3 is 19.5 Å². The van der Waals surface area contributed by atoms with E-state index in [-0.39, 0.29) is 29.2 Å². The number of carbonyl (C=O) groups excluding carboxylic acids is 2. The molecule has 0 radical (unpaired) electrons. The Balaban J connectivity index is -0.000000199. The molecule has 0 aliphatic carbocycles. The first-order valence-corrected chi connectivity index (χ1v) is 11.0. The maximum Gasteiger partial charge on any atom is 2.00 e. The molecule has 0 amide bonds. The number of carboxylic acid groups (broad SMARTS) is 2. The number of unbranched alkanes of at least 4 members (excludes halogenated alkanes) is 7. The van der Waals surface area contributed by atoms with Crippen molar-refractivity contribution in [2.75, 3.05) is 0 Å². The standard InChI is InChI=1S/C10H28O2Si3.2CH2O2.Zn/c1-2-3-4-5-6-7-8-9-10-14-12-15-11-13;2*2-1-3;/h2-10,14-15H2,1,13H3;2*1H,(H,2,3);/q;;;+2/p-2. The predicted octanol–water partition coefficient (Wildman–Crippen LogP) is -2.33. The molecule has 6 nitrogen and oxygen atoms in total. The monoisotopic (exact) mass is 418 g/mol. The van der Waals surface area contributed by atoms with Crippen LogP contribution in [0.1, 0.15) is 58.3 Å². The summed E-state index contributed by atoms with van der Waals surface area (Å²) < 4.78 is 10.6. The Bertz CT molecular complexity index is 174. The van der Waals surface area contributed by atoms with Gasteiger partial charge in [0.25, 0.3) is 10.0 Å². The number of rotatable bonds is 12. The zero-order valence-corrected chi connectivity index (χ0v) is 21.9. The van der Waals surface area contributed by atoms with Crippen molar-refractivity contribution in [3.05, 3.63) is 0 Å². The molecule has 128 valence electrons. The van der Waals surface area contributed by atoms with Crippen molar-refractivity contribution in [3.8, 4) is 0 Å². The summed E-state index contributed by atoms with van der Waals surface area (Å²) in [4.78, 5) is 16.5. The van der Waals surface area contributed by atoms with Crippen molar-refractivity contribution in [1.29, 1.82) is 0 Å². The molecule has 0 saturated heterocycles. The molecule has 0 aromatic heterocycles. The van der Waals surface area contributed by atoms with E-state index in [4.69, 9.17) is 28.0 Å². The van der Waals surface area contributed by atoms with E-state index < -0.39 is 23.0 Å². The molecule has 22 heavy (non-hydrogen) atoms. The second-order valence-electron chi connectivity index (χ2n) is 4.34. The van der Waals surface area contributed by atoms with Crippen molar-refractivity contribution < 1.29 is 47.5 Å². The molecular formula is C12H30O6Si3Zn. The Morgan fingerprint density at radius 3 is 1.77 bits per heavy atom. The van der Waals surface area contributed by atoms with E-state index in [2.05, 4.69) is 6.92 Å². The first-order chi connectivity index (χ1) is 10.2. The van der Waals surface area contributed by atoms with E-state index >= 15 is 0 Å². The van der Waals surface area contributed by atoms with Crippen LogP contribution >= 0.6 is 0 Å². The normalized spacial score (nSPS) is 9.68. The van der Waals surface area contributed by atoms with Crippen molar-refractivity contribution in [2.24, 2.45) is 0 Å². The third-order valence-corrected chi connectivity index (χ3v) is 6.15. The number of carbonyl (C=O) groups is 2. The first kappa shape index (κ1) is 30.1. The summed E-state index contributed by atoms with van der Waals surface area (Å²) in [6, 6.07) is 1.37. The Labute approximate surface area is 155 Å². The maximum absolute atomic E-state index is 8.25. The van der Waals surface area contributed by atoms with Gasteiger partial charge in [-0.05, 0) is 6.04 Å². The van der Waals surface area contributed by atoms with Gasteiger partial charge in [0.2, 0.25) is 0 Å². The molecule has 0 aliphatic heterocycles. The van der Waals surface area contributed by atoms with E-state index in [9.17, 15) is 0 Å². The van der Waals surface area contributed by atoms with Gasteiger partial charge in [-0.1, -0.05) is 58.3 Å². The minimum Gasteiger partial charge on any atom is -0.554 e. The Morgan fingerprint density at radius 1 is 0.955 bits per heavy atom. The van der Waals surface area contributed by atoms with Crippen LogP contribution in [-0.4, -0.2) is 43.2 Å². The van der Waals surface area contributed by atoms with Crippen LogP contribution in [0.3, 0.4) is 0 Å². The van der Waals surface area contributed by atoms with Gasteiger partial charge in [0.1, 0.15) is 20.2 Å². The zero-order valence-electron chi connectivity index (χ0n) is 14.1. The summed E-state index contributed by atoms with van der Waals surface area (Å²) in [5, 5.41) is 16.5. The van der Waals surface area contributed by atoms with Gasteiger partial charge < -0.3 is 28.0 Å². The molecule has 0 aliphatic rings. The Morgan fingerprint density at radius 2 is 1.36 bits per heavy atom. The second kappa shape index (κ2) is 37.4. The number of hydrogen-bond donors (Lipinski definition) is 0. The van der Waals surface area contributed by atoms with Crippen LogP contribution in [0.25, 0.3) is 0 Å². The molecule has 0 aromatic carbocycles. The fourth-order valence-corrected chi connectivity index (χ4v) is 5.67. The topological polar surface area (TPSA) is 98.7 Å². The van der Waals surface area contributed by atoms with E-state index in [1.807, 2.05) is 0 Å². The molecule has 0 heterocycles. The molecule has 0 spiro atoms. The third kappa shape index (κ3) is 50.1. The van der Waals surface area contributed by atoms with E-state index in [0.29, 0.717) is 0 Å². The SMILES string of the molecule is CCCCCCCCCC[SiH2]O[SiH2]O[SiH3].O=C[O-].O=C[O-].[Zn+2]. The predicted molar refractivity (Wildman–Crippen MR) is 88.7 cm³/mol. The van der Waals surface area contributed by atoms with E-state index in [0.717, 1.165) is 10.5 Å². The van der Waals surface area contributed by atoms with Crippen LogP contribution in [0, 0.1) is 0 Å². The van der Waals surface area contributed by atoms with Gasteiger partial charge in [-0.15, -0.1) is 0 Å². The maximum atomic E-state index is 8.25. The molecule has 0 saturated carbocycles. The average molecular weight is 420 g/mol. The molecule has 0 rings (SSSR count). The van der Waals surface area contributed by atoms with Gasteiger partial charge in [0.15, 0.2) is 0 Å². The fourth-order valence-electron chi connectivity index (χ4n) is 1.66. The molecule has 0 N–H and O–H groups in total. The molecule has 0 fully saturated rings. The summed E-state index contributed by atoms with van der Waals surface area (Å²) in [5.41, 5.74) is 0. The summed E-state index contributed by atoms with van der Waals surface area (Å²) in [6.45, 7) is 1.27. The fraction of sp³-hybridized carbons (Fsp3) is 0.833. The summed E-state index contributed by atoms with van der Waals surface area (Å²) >= 11 is 0. The molecular weight excluding hydrogens is 390 g/mol. The molecule has 0 atom stereocenters. The van der Waals surface area contributed by atoms with Crippen LogP contribution in [0.2, 0.25) is 6.04 Å². The molecule has 0 bridgehead atoms. The summed E-state index contributed by atoms with van der Waals surface area (Å²) in [6.07, 6.45) is 11.4. The van der Waals surface area contributed by atoms with E-state index in [1.165, 1.54) is 57.4 Å². The van der Waals surface area contributed by atoms with Gasteiger partial charge in [0, 0.05) is 12.9 Å². The second-order valence-corrected chi connectivity index (χ2v) is 9.63. The third-order valence-electron chi connectivity index (χ3n) is 2.59. The van der Waals surface area contributed by atoms with Gasteiger partial charge in [0.05, 0.1) is 0 Å². The molecule has 0 unspecified atom stereocenters. The van der Waals surface area contributed by atoms with Crippen molar-refractivity contribution in [1.82, 2.24) is 0 Å². The molecule has 10 heteroatoms. The molecule has 0 aromatic rings. The number of hydrogen-bond acceptors (Lipinski definition) is 6. The Hall–Kier alpha value is 0.134. The minimum absolute atomic E-state index is 0. The van der Waals surface area contributed by atoms with Crippen LogP contribution < -0.4 is 10.2 Å². The average Bonchev–Trinajstić information content (AvgIpc) is 2.46. The van der Waals surface area contributed by atoms with Gasteiger partial charge in [-0.25, -0.2) is 0 Å². The van der Waals surface area contributed by atoms with Crippen LogP contribution in [0.4, 0.5) is 0 Å². The van der Waals surface area contributed by atoms with Crippen molar-refractivity contribution >= 4 is 43.2 Å². The Kier molecular flexibility index (Phi) is 51.1. The van der Waals surface area contributed by atoms with Gasteiger partial charge in [-0.2, -0.15) is 0 Å².